The molecule has 2 atom stereocenters. The van der Waals surface area contributed by atoms with E-state index in [0.717, 1.165) is 0 Å². The third-order valence-corrected chi connectivity index (χ3v) is 3.94. The van der Waals surface area contributed by atoms with E-state index in [2.05, 4.69) is 5.92 Å². The maximum Gasteiger partial charge on any atom is 0.257 e. The zero-order chi connectivity index (χ0) is 13.4. The number of terminal acetylenes is 1. The number of nitrogens with zero attached hydrogens (tertiary/aromatic N) is 2. The van der Waals surface area contributed by atoms with Gasteiger partial charge in [-0.05, 0) is 34.1 Å². The first-order valence-corrected chi connectivity index (χ1v) is 6.87. The topological polar surface area (TPSA) is 56.5 Å². The Hall–Kier alpha value is -0.640. The van der Waals surface area contributed by atoms with Crippen molar-refractivity contribution in [1.82, 2.24) is 4.67 Å². The summed E-state index contributed by atoms with van der Waals surface area (Å²) in [6.07, 6.45) is 5.61. The van der Waals surface area contributed by atoms with Crippen LogP contribution in [0.2, 0.25) is 0 Å². The van der Waals surface area contributed by atoms with Crippen molar-refractivity contribution in [2.45, 2.75) is 58.7 Å². The zero-order valence-electron chi connectivity index (χ0n) is 10.9. The largest absolute Gasteiger partial charge is 0.338 e. The third-order valence-electron chi connectivity index (χ3n) is 2.18. The molecule has 0 saturated heterocycles. The summed E-state index contributed by atoms with van der Waals surface area (Å²) in [7, 11) is -1.70. The summed E-state index contributed by atoms with van der Waals surface area (Å²) in [5.41, 5.74) is 0. The van der Waals surface area contributed by atoms with Crippen molar-refractivity contribution in [1.29, 1.82) is 5.26 Å². The molecule has 4 nitrogen and oxygen atoms in total. The van der Waals surface area contributed by atoms with E-state index in [-0.39, 0.29) is 12.1 Å². The second kappa shape index (κ2) is 8.45. The molecule has 96 valence electrons. The van der Waals surface area contributed by atoms with Crippen LogP contribution in [0, 0.1) is 23.7 Å². The molecule has 0 fully saturated rings. The van der Waals surface area contributed by atoms with Gasteiger partial charge in [-0.15, -0.1) is 6.42 Å². The second-order valence-corrected chi connectivity index (χ2v) is 5.46. The van der Waals surface area contributed by atoms with Crippen molar-refractivity contribution < 1.29 is 9.42 Å². The molecule has 0 bridgehead atoms. The molecule has 5 heteroatoms. The second-order valence-electron chi connectivity index (χ2n) is 4.28. The molecule has 0 rings (SSSR count). The van der Waals surface area contributed by atoms with Gasteiger partial charge in [-0.2, -0.15) is 5.26 Å². The minimum absolute atomic E-state index is 0.181. The highest BCUT2D eigenvalue weighted by Gasteiger charge is 2.26. The summed E-state index contributed by atoms with van der Waals surface area (Å²) in [5.74, 6) is 2.46. The Morgan fingerprint density at radius 2 is 1.88 bits per heavy atom. The van der Waals surface area contributed by atoms with Gasteiger partial charge < -0.3 is 9.42 Å². The Bertz CT molecular complexity index is 286. The molecule has 0 aromatic rings. The molecule has 0 aliphatic heterocycles. The van der Waals surface area contributed by atoms with Crippen LogP contribution in [0.4, 0.5) is 0 Å². The van der Waals surface area contributed by atoms with Crippen LogP contribution in [0.1, 0.15) is 40.5 Å². The lowest BCUT2D eigenvalue weighted by atomic mass is 10.2. The van der Waals surface area contributed by atoms with E-state index >= 15 is 0 Å². The lowest BCUT2D eigenvalue weighted by Gasteiger charge is -2.33. The van der Waals surface area contributed by atoms with Crippen molar-refractivity contribution >= 4 is 8.53 Å². The summed E-state index contributed by atoms with van der Waals surface area (Å²) in [5, 5.41) is 8.49. The number of hydrogen-bond donors (Lipinski definition) is 1. The molecule has 0 spiro atoms. The van der Waals surface area contributed by atoms with Gasteiger partial charge in [-0.3, -0.25) is 0 Å². The first kappa shape index (κ1) is 16.4. The van der Waals surface area contributed by atoms with Gasteiger partial charge in [0, 0.05) is 18.5 Å². The van der Waals surface area contributed by atoms with Crippen LogP contribution >= 0.6 is 8.53 Å². The fraction of sp³-hybridized carbons (Fsp3) is 0.750. The normalized spacial score (nSPS) is 14.7. The Kier molecular flexibility index (Phi) is 8.13. The van der Waals surface area contributed by atoms with Crippen molar-refractivity contribution in [3.05, 3.63) is 0 Å². The van der Waals surface area contributed by atoms with Crippen molar-refractivity contribution in [3.8, 4) is 18.4 Å². The van der Waals surface area contributed by atoms with Crippen molar-refractivity contribution in [3.63, 3.8) is 0 Å². The SMILES string of the molecule is C#CC(CCC#N)OP(O)N(C(C)C)C(C)C. The van der Waals surface area contributed by atoms with Gasteiger partial charge in [0.1, 0.15) is 6.10 Å². The fourth-order valence-electron chi connectivity index (χ4n) is 1.52. The van der Waals surface area contributed by atoms with E-state index in [4.69, 9.17) is 16.2 Å². The lowest BCUT2D eigenvalue weighted by molar-refractivity contribution is 0.182. The molecule has 17 heavy (non-hydrogen) atoms. The van der Waals surface area contributed by atoms with Crippen LogP contribution in [-0.2, 0) is 4.52 Å². The Morgan fingerprint density at radius 3 is 2.24 bits per heavy atom. The summed E-state index contributed by atoms with van der Waals surface area (Å²) in [6, 6.07) is 2.38. The standard InChI is InChI=1S/C12H21N2O2P/c1-6-12(8-7-9-13)16-17(15)14(10(2)3)11(4)5/h1,10-12,15H,7-8H2,2-5H3. The average Bonchev–Trinajstić information content (AvgIpc) is 2.22. The molecular formula is C12H21N2O2P. The molecule has 0 aliphatic carbocycles. The van der Waals surface area contributed by atoms with Crippen LogP contribution < -0.4 is 0 Å². The number of hydrogen-bond acceptors (Lipinski definition) is 4. The Balaban J connectivity index is 4.43. The van der Waals surface area contributed by atoms with Gasteiger partial charge in [0.05, 0.1) is 6.07 Å². The summed E-state index contributed by atoms with van der Waals surface area (Å²) in [4.78, 5) is 10.0. The molecule has 0 aliphatic rings. The van der Waals surface area contributed by atoms with Crippen molar-refractivity contribution in [2.24, 2.45) is 0 Å². The molecule has 1 N–H and O–H groups in total. The van der Waals surface area contributed by atoms with E-state index in [1.807, 2.05) is 38.4 Å². The maximum absolute atomic E-state index is 10.0. The van der Waals surface area contributed by atoms with Gasteiger partial charge in [0.15, 0.2) is 0 Å². The number of rotatable bonds is 7. The van der Waals surface area contributed by atoms with Crippen LogP contribution in [0.15, 0.2) is 0 Å². The first-order valence-electron chi connectivity index (χ1n) is 5.71. The highest BCUT2D eigenvalue weighted by molar-refractivity contribution is 7.43. The van der Waals surface area contributed by atoms with Crippen LogP contribution in [-0.4, -0.2) is 27.8 Å². The molecule has 0 aromatic carbocycles. The van der Waals surface area contributed by atoms with Gasteiger partial charge in [-0.1, -0.05) is 5.92 Å². The molecule has 0 amide bonds. The zero-order valence-corrected chi connectivity index (χ0v) is 11.8. The highest BCUT2D eigenvalue weighted by atomic mass is 31.2. The van der Waals surface area contributed by atoms with Gasteiger partial charge in [0.2, 0.25) is 0 Å². The fourth-order valence-corrected chi connectivity index (χ4v) is 2.81. The molecular weight excluding hydrogens is 235 g/mol. The van der Waals surface area contributed by atoms with Gasteiger partial charge in [0.25, 0.3) is 8.53 Å². The minimum atomic E-state index is -1.70. The summed E-state index contributed by atoms with van der Waals surface area (Å²) >= 11 is 0. The number of nitriles is 1. The van der Waals surface area contributed by atoms with Crippen molar-refractivity contribution in [2.75, 3.05) is 0 Å². The predicted molar refractivity (Wildman–Crippen MR) is 69.8 cm³/mol. The Labute approximate surface area is 106 Å². The molecule has 0 saturated carbocycles. The first-order chi connectivity index (χ1) is 7.93. The maximum atomic E-state index is 10.0. The van der Waals surface area contributed by atoms with E-state index in [0.29, 0.717) is 12.8 Å². The monoisotopic (exact) mass is 256 g/mol. The smallest absolute Gasteiger partial charge is 0.257 e. The average molecular weight is 256 g/mol. The molecule has 0 heterocycles. The van der Waals surface area contributed by atoms with Crippen LogP contribution in [0.3, 0.4) is 0 Å². The summed E-state index contributed by atoms with van der Waals surface area (Å²) < 4.78 is 7.33. The quantitative estimate of drug-likeness (QED) is 0.562. The van der Waals surface area contributed by atoms with E-state index < -0.39 is 14.6 Å². The lowest BCUT2D eigenvalue weighted by Crippen LogP contribution is -2.33. The molecule has 0 radical (unpaired) electrons. The van der Waals surface area contributed by atoms with Crippen LogP contribution in [0.25, 0.3) is 0 Å². The van der Waals surface area contributed by atoms with E-state index in [9.17, 15) is 4.89 Å². The van der Waals surface area contributed by atoms with E-state index in [1.165, 1.54) is 0 Å². The minimum Gasteiger partial charge on any atom is -0.338 e. The van der Waals surface area contributed by atoms with Crippen LogP contribution in [0.5, 0.6) is 0 Å². The van der Waals surface area contributed by atoms with E-state index in [1.54, 1.807) is 0 Å². The van der Waals surface area contributed by atoms with Gasteiger partial charge in [-0.25, -0.2) is 4.67 Å². The predicted octanol–water partition coefficient (Wildman–Crippen LogP) is 2.65. The Morgan fingerprint density at radius 1 is 1.35 bits per heavy atom. The molecule has 2 unspecified atom stereocenters. The third kappa shape index (κ3) is 6.01. The molecule has 0 aromatic heterocycles. The highest BCUT2D eigenvalue weighted by Crippen LogP contribution is 2.42. The van der Waals surface area contributed by atoms with Gasteiger partial charge >= 0.3 is 0 Å². The summed E-state index contributed by atoms with van der Waals surface area (Å²) in [6.45, 7) is 7.98.